The summed E-state index contributed by atoms with van der Waals surface area (Å²) in [5.74, 6) is 1.51. The van der Waals surface area contributed by atoms with Crippen molar-refractivity contribution in [3.05, 3.63) is 0 Å². The maximum absolute atomic E-state index is 9.44. The first-order chi connectivity index (χ1) is 6.06. The molecule has 0 heterocycles. The fraction of sp³-hybridized carbons (Fsp3) is 1.00. The number of hydrogen-bond acceptors (Lipinski definition) is 1. The lowest BCUT2D eigenvalue weighted by molar-refractivity contribution is 0.138. The van der Waals surface area contributed by atoms with Crippen LogP contribution in [0.4, 0.5) is 0 Å². The van der Waals surface area contributed by atoms with Gasteiger partial charge in [-0.2, -0.15) is 0 Å². The van der Waals surface area contributed by atoms with Crippen LogP contribution in [-0.4, -0.2) is 11.2 Å². The highest BCUT2D eigenvalue weighted by Crippen LogP contribution is 2.17. The Morgan fingerprint density at radius 2 is 1.69 bits per heavy atom. The minimum atomic E-state index is -0.0750. The van der Waals surface area contributed by atoms with Gasteiger partial charge >= 0.3 is 0 Å². The smallest absolute Gasteiger partial charge is 0.0540 e. The molecular formula is C12H26O. The van der Waals surface area contributed by atoms with Gasteiger partial charge in [0, 0.05) is 0 Å². The molecule has 0 rings (SSSR count). The maximum atomic E-state index is 9.44. The van der Waals surface area contributed by atoms with E-state index in [0.29, 0.717) is 5.92 Å². The van der Waals surface area contributed by atoms with Crippen LogP contribution >= 0.6 is 0 Å². The first-order valence-corrected chi connectivity index (χ1v) is 5.74. The van der Waals surface area contributed by atoms with E-state index in [-0.39, 0.29) is 6.10 Å². The van der Waals surface area contributed by atoms with E-state index >= 15 is 0 Å². The molecule has 2 atom stereocenters. The van der Waals surface area contributed by atoms with Gasteiger partial charge in [0.1, 0.15) is 0 Å². The van der Waals surface area contributed by atoms with Crippen LogP contribution in [0.15, 0.2) is 0 Å². The predicted molar refractivity (Wildman–Crippen MR) is 58.8 cm³/mol. The highest BCUT2D eigenvalue weighted by molar-refractivity contribution is 4.60. The normalized spacial score (nSPS) is 16.2. The molecule has 0 spiro atoms. The third-order valence-electron chi connectivity index (χ3n) is 2.62. The molecule has 0 aromatic heterocycles. The fourth-order valence-electron chi connectivity index (χ4n) is 1.62. The van der Waals surface area contributed by atoms with Gasteiger partial charge in [0.15, 0.2) is 0 Å². The molecule has 0 saturated carbocycles. The van der Waals surface area contributed by atoms with E-state index in [1.54, 1.807) is 0 Å². The topological polar surface area (TPSA) is 20.2 Å². The van der Waals surface area contributed by atoms with E-state index in [1.807, 2.05) is 6.92 Å². The lowest BCUT2D eigenvalue weighted by Gasteiger charge is -2.15. The second-order valence-corrected chi connectivity index (χ2v) is 4.73. The Morgan fingerprint density at radius 3 is 2.15 bits per heavy atom. The van der Waals surface area contributed by atoms with Crippen LogP contribution in [0.1, 0.15) is 59.8 Å². The van der Waals surface area contributed by atoms with Gasteiger partial charge in [-0.15, -0.1) is 0 Å². The summed E-state index contributed by atoms with van der Waals surface area (Å²) < 4.78 is 0. The van der Waals surface area contributed by atoms with Crippen molar-refractivity contribution in [2.45, 2.75) is 65.9 Å². The van der Waals surface area contributed by atoms with Gasteiger partial charge in [0.05, 0.1) is 6.10 Å². The molecule has 0 aromatic rings. The van der Waals surface area contributed by atoms with E-state index in [2.05, 4.69) is 20.8 Å². The lowest BCUT2D eigenvalue weighted by atomic mass is 9.94. The number of aliphatic hydroxyl groups is 1. The average molecular weight is 186 g/mol. The van der Waals surface area contributed by atoms with Crippen molar-refractivity contribution >= 4 is 0 Å². The van der Waals surface area contributed by atoms with E-state index in [9.17, 15) is 5.11 Å². The van der Waals surface area contributed by atoms with E-state index in [4.69, 9.17) is 0 Å². The molecule has 0 aliphatic heterocycles. The van der Waals surface area contributed by atoms with E-state index in [0.717, 1.165) is 18.8 Å². The van der Waals surface area contributed by atoms with Crippen molar-refractivity contribution in [2.75, 3.05) is 0 Å². The monoisotopic (exact) mass is 186 g/mol. The number of aliphatic hydroxyl groups excluding tert-OH is 1. The quantitative estimate of drug-likeness (QED) is 0.644. The Morgan fingerprint density at radius 1 is 1.08 bits per heavy atom. The Hall–Kier alpha value is -0.0400. The summed E-state index contributed by atoms with van der Waals surface area (Å²) in [7, 11) is 0. The van der Waals surface area contributed by atoms with Crippen LogP contribution in [0.3, 0.4) is 0 Å². The predicted octanol–water partition coefficient (Wildman–Crippen LogP) is 3.61. The highest BCUT2D eigenvalue weighted by Gasteiger charge is 2.08. The van der Waals surface area contributed by atoms with Crippen molar-refractivity contribution in [1.29, 1.82) is 0 Å². The zero-order valence-corrected chi connectivity index (χ0v) is 9.71. The molecule has 1 N–H and O–H groups in total. The summed E-state index contributed by atoms with van der Waals surface area (Å²) in [5, 5.41) is 9.44. The van der Waals surface area contributed by atoms with Crippen LogP contribution in [0, 0.1) is 11.8 Å². The highest BCUT2D eigenvalue weighted by atomic mass is 16.3. The Balaban J connectivity index is 3.34. The summed E-state index contributed by atoms with van der Waals surface area (Å²) in [6.45, 7) is 8.84. The van der Waals surface area contributed by atoms with Crippen molar-refractivity contribution < 1.29 is 5.11 Å². The van der Waals surface area contributed by atoms with Crippen LogP contribution in [0.5, 0.6) is 0 Å². The van der Waals surface area contributed by atoms with Crippen molar-refractivity contribution in [3.63, 3.8) is 0 Å². The molecule has 1 nitrogen and oxygen atoms in total. The first-order valence-electron chi connectivity index (χ1n) is 5.74. The van der Waals surface area contributed by atoms with Gasteiger partial charge in [-0.1, -0.05) is 47.0 Å². The minimum absolute atomic E-state index is 0.0750. The molecule has 0 bridgehead atoms. The summed E-state index contributed by atoms with van der Waals surface area (Å²) in [5.41, 5.74) is 0. The van der Waals surface area contributed by atoms with Crippen LogP contribution in [-0.2, 0) is 0 Å². The van der Waals surface area contributed by atoms with Crippen molar-refractivity contribution in [1.82, 2.24) is 0 Å². The molecule has 0 aromatic carbocycles. The van der Waals surface area contributed by atoms with Gasteiger partial charge in [0.2, 0.25) is 0 Å². The van der Waals surface area contributed by atoms with Crippen LogP contribution in [0.2, 0.25) is 0 Å². The molecule has 0 fully saturated rings. The zero-order chi connectivity index (χ0) is 10.3. The second-order valence-electron chi connectivity index (χ2n) is 4.73. The van der Waals surface area contributed by atoms with Gasteiger partial charge in [-0.3, -0.25) is 0 Å². The summed E-state index contributed by atoms with van der Waals surface area (Å²) >= 11 is 0. The molecule has 0 radical (unpaired) electrons. The lowest BCUT2D eigenvalue weighted by Crippen LogP contribution is -2.10. The third-order valence-corrected chi connectivity index (χ3v) is 2.62. The largest absolute Gasteiger partial charge is 0.393 e. The molecule has 13 heavy (non-hydrogen) atoms. The van der Waals surface area contributed by atoms with Crippen LogP contribution < -0.4 is 0 Å². The number of rotatable bonds is 7. The molecule has 0 unspecified atom stereocenters. The standard InChI is InChI=1S/C12H26O/c1-5-12(13)9-11(4)8-6-7-10(2)3/h10-13H,5-9H2,1-4H3/t11-,12+/m0/s1. The Bertz CT molecular complexity index is 110. The molecule has 0 aliphatic rings. The summed E-state index contributed by atoms with van der Waals surface area (Å²) in [6.07, 6.45) is 5.72. The van der Waals surface area contributed by atoms with Crippen LogP contribution in [0.25, 0.3) is 0 Å². The molecule has 80 valence electrons. The Kier molecular flexibility index (Phi) is 7.35. The average Bonchev–Trinajstić information content (AvgIpc) is 2.03. The van der Waals surface area contributed by atoms with Crippen molar-refractivity contribution in [3.8, 4) is 0 Å². The molecule has 0 saturated heterocycles. The van der Waals surface area contributed by atoms with E-state index < -0.39 is 0 Å². The molecule has 1 heteroatoms. The number of hydrogen-bond donors (Lipinski definition) is 1. The minimum Gasteiger partial charge on any atom is -0.393 e. The SMILES string of the molecule is CC[C@@H](O)C[C@@H](C)CCCC(C)C. The van der Waals surface area contributed by atoms with E-state index in [1.165, 1.54) is 19.3 Å². The third kappa shape index (κ3) is 8.29. The summed E-state index contributed by atoms with van der Waals surface area (Å²) in [6, 6.07) is 0. The Labute approximate surface area is 83.5 Å². The second kappa shape index (κ2) is 7.37. The molecule has 0 amide bonds. The van der Waals surface area contributed by atoms with Gasteiger partial charge in [0.25, 0.3) is 0 Å². The van der Waals surface area contributed by atoms with Gasteiger partial charge in [-0.05, 0) is 24.7 Å². The molecular weight excluding hydrogens is 160 g/mol. The van der Waals surface area contributed by atoms with Crippen molar-refractivity contribution in [2.24, 2.45) is 11.8 Å². The fourth-order valence-corrected chi connectivity index (χ4v) is 1.62. The summed E-state index contributed by atoms with van der Waals surface area (Å²) in [4.78, 5) is 0. The molecule has 0 aliphatic carbocycles. The maximum Gasteiger partial charge on any atom is 0.0540 e. The zero-order valence-electron chi connectivity index (χ0n) is 9.71. The van der Waals surface area contributed by atoms with Gasteiger partial charge < -0.3 is 5.11 Å². The van der Waals surface area contributed by atoms with Gasteiger partial charge in [-0.25, -0.2) is 0 Å². The first kappa shape index (κ1) is 13.0.